The summed E-state index contributed by atoms with van der Waals surface area (Å²) < 4.78 is 25.0. The van der Waals surface area contributed by atoms with Crippen molar-refractivity contribution in [2.75, 3.05) is 39.0 Å². The van der Waals surface area contributed by atoms with Crippen LogP contribution < -0.4 is 11.1 Å². The van der Waals surface area contributed by atoms with Gasteiger partial charge in [-0.1, -0.05) is 0 Å². The molecule has 3 atom stereocenters. The van der Waals surface area contributed by atoms with Gasteiger partial charge in [0.1, 0.15) is 5.54 Å². The number of fused-ring (bicyclic) bond motifs is 2. The molecule has 0 radical (unpaired) electrons. The van der Waals surface area contributed by atoms with Crippen molar-refractivity contribution in [3.05, 3.63) is 0 Å². The zero-order valence-electron chi connectivity index (χ0n) is 15.2. The van der Waals surface area contributed by atoms with Gasteiger partial charge in [-0.05, 0) is 57.4 Å². The van der Waals surface area contributed by atoms with Crippen molar-refractivity contribution in [2.24, 2.45) is 11.7 Å². The lowest BCUT2D eigenvalue weighted by molar-refractivity contribution is -0.131. The number of sulfonamides is 1. The number of amides is 1. The van der Waals surface area contributed by atoms with Crippen molar-refractivity contribution in [3.8, 4) is 0 Å². The summed E-state index contributed by atoms with van der Waals surface area (Å²) in [5.41, 5.74) is 5.33. The highest BCUT2D eigenvalue weighted by molar-refractivity contribution is 7.88. The maximum atomic E-state index is 12.1. The SMILES string of the molecule is CS(=O)(=O)N1CCCC(CNCCN2[C@@H]3CCC[C@@]2(C(N)=O)CC3)C1. The number of primary amides is 1. The monoisotopic (exact) mass is 372 g/mol. The molecule has 3 aliphatic rings. The van der Waals surface area contributed by atoms with E-state index >= 15 is 0 Å². The average Bonchev–Trinajstić information content (AvgIpc) is 2.76. The van der Waals surface area contributed by atoms with E-state index in [0.29, 0.717) is 25.0 Å². The van der Waals surface area contributed by atoms with Crippen LogP contribution >= 0.6 is 0 Å². The van der Waals surface area contributed by atoms with Gasteiger partial charge in [0.25, 0.3) is 0 Å². The third kappa shape index (κ3) is 4.02. The Kier molecular flexibility index (Phi) is 5.72. The normalized spacial score (nSPS) is 34.3. The standard InChI is InChI=1S/C17H32N4O3S/c1-25(23,24)20-10-3-4-14(13-20)12-19-9-11-21-15-5-2-7-17(21,8-6-15)16(18)22/h14-15,19H,2-13H2,1H3,(H2,18,22)/t14?,15-,17+/m1/s1. The summed E-state index contributed by atoms with van der Waals surface area (Å²) in [6.07, 6.45) is 8.42. The molecule has 3 saturated heterocycles. The molecule has 1 amide bonds. The van der Waals surface area contributed by atoms with E-state index in [1.807, 2.05) is 0 Å². The molecule has 1 unspecified atom stereocenters. The number of nitrogens with two attached hydrogens (primary N) is 1. The number of hydrogen-bond acceptors (Lipinski definition) is 5. The van der Waals surface area contributed by atoms with E-state index in [2.05, 4.69) is 10.2 Å². The molecule has 0 aromatic heterocycles. The molecule has 25 heavy (non-hydrogen) atoms. The van der Waals surface area contributed by atoms with Crippen LogP contribution in [0.15, 0.2) is 0 Å². The molecule has 3 rings (SSSR count). The highest BCUT2D eigenvalue weighted by atomic mass is 32.2. The van der Waals surface area contributed by atoms with Crippen LogP contribution in [0.2, 0.25) is 0 Å². The van der Waals surface area contributed by atoms with E-state index in [-0.39, 0.29) is 5.91 Å². The van der Waals surface area contributed by atoms with Crippen LogP contribution in [0.1, 0.15) is 44.9 Å². The Bertz CT molecular complexity index is 593. The average molecular weight is 373 g/mol. The molecule has 3 fully saturated rings. The van der Waals surface area contributed by atoms with Gasteiger partial charge in [0.2, 0.25) is 15.9 Å². The van der Waals surface area contributed by atoms with Crippen LogP contribution in [-0.2, 0) is 14.8 Å². The number of rotatable bonds is 7. The molecule has 0 aliphatic carbocycles. The van der Waals surface area contributed by atoms with E-state index in [1.54, 1.807) is 4.31 Å². The number of piperidine rings is 2. The summed E-state index contributed by atoms with van der Waals surface area (Å²) in [5, 5.41) is 3.48. The van der Waals surface area contributed by atoms with Gasteiger partial charge < -0.3 is 11.1 Å². The molecule has 3 aliphatic heterocycles. The fourth-order valence-corrected chi connectivity index (χ4v) is 5.98. The Labute approximate surface area is 151 Å². The Morgan fingerprint density at radius 1 is 1.24 bits per heavy atom. The van der Waals surface area contributed by atoms with Crippen LogP contribution in [0, 0.1) is 5.92 Å². The zero-order chi connectivity index (χ0) is 18.1. The molecule has 0 saturated carbocycles. The third-order valence-corrected chi connectivity index (χ3v) is 7.65. The molecule has 0 spiro atoms. The van der Waals surface area contributed by atoms with Crippen LogP contribution in [0.4, 0.5) is 0 Å². The first-order valence-corrected chi connectivity index (χ1v) is 11.4. The Balaban J connectivity index is 1.46. The van der Waals surface area contributed by atoms with Crippen LogP contribution in [0.5, 0.6) is 0 Å². The fraction of sp³-hybridized carbons (Fsp3) is 0.941. The highest BCUT2D eigenvalue weighted by Gasteiger charge is 2.52. The molecule has 0 aromatic rings. The Morgan fingerprint density at radius 2 is 2.04 bits per heavy atom. The van der Waals surface area contributed by atoms with Crippen molar-refractivity contribution in [2.45, 2.75) is 56.5 Å². The molecule has 3 N–H and O–H groups in total. The second-order valence-corrected chi connectivity index (χ2v) is 9.99. The van der Waals surface area contributed by atoms with Gasteiger partial charge in [0, 0.05) is 32.2 Å². The molecule has 144 valence electrons. The van der Waals surface area contributed by atoms with E-state index < -0.39 is 15.6 Å². The maximum absolute atomic E-state index is 12.1. The van der Waals surface area contributed by atoms with Crippen LogP contribution in [0.25, 0.3) is 0 Å². The van der Waals surface area contributed by atoms with Crippen molar-refractivity contribution in [3.63, 3.8) is 0 Å². The first-order chi connectivity index (χ1) is 11.8. The third-order valence-electron chi connectivity index (χ3n) is 6.38. The van der Waals surface area contributed by atoms with Gasteiger partial charge in [0.15, 0.2) is 0 Å². The van der Waals surface area contributed by atoms with E-state index in [9.17, 15) is 13.2 Å². The van der Waals surface area contributed by atoms with Crippen molar-refractivity contribution in [1.82, 2.24) is 14.5 Å². The van der Waals surface area contributed by atoms with Gasteiger partial charge in [-0.25, -0.2) is 12.7 Å². The summed E-state index contributed by atoms with van der Waals surface area (Å²) in [6, 6.07) is 0.499. The van der Waals surface area contributed by atoms with Crippen LogP contribution in [0.3, 0.4) is 0 Å². The number of carbonyl (C=O) groups excluding carboxylic acids is 1. The Morgan fingerprint density at radius 3 is 2.76 bits per heavy atom. The molecular weight excluding hydrogens is 340 g/mol. The number of nitrogens with one attached hydrogen (secondary N) is 1. The molecular formula is C17H32N4O3S. The predicted molar refractivity (Wildman–Crippen MR) is 97.5 cm³/mol. The van der Waals surface area contributed by atoms with Crippen molar-refractivity contribution >= 4 is 15.9 Å². The largest absolute Gasteiger partial charge is 0.368 e. The molecule has 0 aromatic carbocycles. The molecule has 7 nitrogen and oxygen atoms in total. The van der Waals surface area contributed by atoms with E-state index in [4.69, 9.17) is 5.73 Å². The quantitative estimate of drug-likeness (QED) is 0.619. The topological polar surface area (TPSA) is 95.7 Å². The summed E-state index contributed by atoms with van der Waals surface area (Å²) in [5.74, 6) is 0.206. The number of carbonyl (C=O) groups is 1. The van der Waals surface area contributed by atoms with Gasteiger partial charge in [0.05, 0.1) is 6.26 Å². The second kappa shape index (κ2) is 7.50. The second-order valence-electron chi connectivity index (χ2n) is 8.01. The number of nitrogens with zero attached hydrogens (tertiary/aromatic N) is 2. The summed E-state index contributed by atoms with van der Waals surface area (Å²) >= 11 is 0. The van der Waals surface area contributed by atoms with Gasteiger partial charge >= 0.3 is 0 Å². The first kappa shape index (κ1) is 19.1. The minimum absolute atomic E-state index is 0.161. The minimum Gasteiger partial charge on any atom is -0.368 e. The molecule has 3 heterocycles. The fourth-order valence-electron chi connectivity index (χ4n) is 5.04. The van der Waals surface area contributed by atoms with E-state index in [0.717, 1.165) is 58.2 Å². The minimum atomic E-state index is -3.08. The zero-order valence-corrected chi connectivity index (χ0v) is 16.1. The van der Waals surface area contributed by atoms with Crippen molar-refractivity contribution in [1.29, 1.82) is 0 Å². The van der Waals surface area contributed by atoms with Crippen LogP contribution in [-0.4, -0.2) is 74.1 Å². The molecule has 2 bridgehead atoms. The van der Waals surface area contributed by atoms with E-state index in [1.165, 1.54) is 12.7 Å². The van der Waals surface area contributed by atoms with Crippen molar-refractivity contribution < 1.29 is 13.2 Å². The lowest BCUT2D eigenvalue weighted by Crippen LogP contribution is -2.59. The summed E-state index contributed by atoms with van der Waals surface area (Å²) in [4.78, 5) is 14.4. The number of hydrogen-bond donors (Lipinski definition) is 2. The van der Waals surface area contributed by atoms with Gasteiger partial charge in [-0.15, -0.1) is 0 Å². The smallest absolute Gasteiger partial charge is 0.237 e. The lowest BCUT2D eigenvalue weighted by atomic mass is 9.87. The van der Waals surface area contributed by atoms with Gasteiger partial charge in [-0.2, -0.15) is 0 Å². The van der Waals surface area contributed by atoms with Gasteiger partial charge in [-0.3, -0.25) is 9.69 Å². The highest BCUT2D eigenvalue weighted by Crippen LogP contribution is 2.43. The Hall–Kier alpha value is -0.700. The predicted octanol–water partition coefficient (Wildman–Crippen LogP) is 0.120. The summed E-state index contributed by atoms with van der Waals surface area (Å²) in [6.45, 7) is 3.75. The first-order valence-electron chi connectivity index (χ1n) is 9.55. The molecule has 8 heteroatoms. The lowest BCUT2D eigenvalue weighted by Gasteiger charge is -2.42. The summed E-state index contributed by atoms with van der Waals surface area (Å²) in [7, 11) is -3.08. The maximum Gasteiger partial charge on any atom is 0.237 e.